The molecule has 4 rings (SSSR count). The van der Waals surface area contributed by atoms with E-state index in [2.05, 4.69) is 20.8 Å². The van der Waals surface area contributed by atoms with Gasteiger partial charge in [-0.25, -0.2) is 0 Å². The number of rotatable bonds is 9. The van der Waals surface area contributed by atoms with Crippen LogP contribution in [0.25, 0.3) is 5.69 Å². The standard InChI is InChI=1S/C28H26F3N5O3S/c1-17-7-12-23(18(2)13-17)33-25(37)16-40-27-35-34-24(15-32-26(38)19-8-10-22(39-3)11-9-19)36(27)21-6-4-5-20(14-21)28(29,30)31/h4-14H,15-16H2,1-3H3,(H,32,38)(H,33,37). The van der Waals surface area contributed by atoms with Crippen molar-refractivity contribution in [3.05, 3.63) is 94.8 Å². The first-order valence-electron chi connectivity index (χ1n) is 12.1. The SMILES string of the molecule is COc1ccc(C(=O)NCc2nnc(SCC(=O)Nc3ccc(C)cc3C)n2-c2cccc(C(F)(F)F)c2)cc1. The van der Waals surface area contributed by atoms with Gasteiger partial charge in [0.15, 0.2) is 11.0 Å². The lowest BCUT2D eigenvalue weighted by molar-refractivity contribution is -0.137. The highest BCUT2D eigenvalue weighted by Gasteiger charge is 2.31. The van der Waals surface area contributed by atoms with E-state index >= 15 is 0 Å². The van der Waals surface area contributed by atoms with E-state index in [9.17, 15) is 22.8 Å². The molecule has 1 heterocycles. The molecule has 0 fully saturated rings. The number of hydrogen-bond acceptors (Lipinski definition) is 6. The molecule has 3 aromatic carbocycles. The van der Waals surface area contributed by atoms with E-state index in [0.717, 1.165) is 35.0 Å². The van der Waals surface area contributed by atoms with Crippen molar-refractivity contribution in [2.75, 3.05) is 18.2 Å². The maximum absolute atomic E-state index is 13.5. The van der Waals surface area contributed by atoms with Crippen LogP contribution in [-0.2, 0) is 17.5 Å². The van der Waals surface area contributed by atoms with Gasteiger partial charge in [0.1, 0.15) is 5.75 Å². The van der Waals surface area contributed by atoms with E-state index in [1.165, 1.54) is 23.8 Å². The van der Waals surface area contributed by atoms with Crippen molar-refractivity contribution < 1.29 is 27.5 Å². The number of carbonyl (C=O) groups is 2. The number of thioether (sulfide) groups is 1. The first-order valence-corrected chi connectivity index (χ1v) is 13.1. The van der Waals surface area contributed by atoms with Crippen LogP contribution in [0.3, 0.4) is 0 Å². The number of nitrogens with one attached hydrogen (secondary N) is 2. The number of ether oxygens (including phenoxy) is 1. The normalized spacial score (nSPS) is 11.2. The van der Waals surface area contributed by atoms with Gasteiger partial charge in [0, 0.05) is 11.3 Å². The predicted octanol–water partition coefficient (Wildman–Crippen LogP) is 5.57. The van der Waals surface area contributed by atoms with E-state index in [-0.39, 0.29) is 34.9 Å². The molecule has 0 spiro atoms. The number of nitrogens with zero attached hydrogens (tertiary/aromatic N) is 3. The van der Waals surface area contributed by atoms with E-state index in [0.29, 0.717) is 17.0 Å². The van der Waals surface area contributed by atoms with E-state index in [1.54, 1.807) is 24.3 Å². The number of hydrogen-bond donors (Lipinski definition) is 2. The summed E-state index contributed by atoms with van der Waals surface area (Å²) in [6.45, 7) is 3.71. The fourth-order valence-electron chi connectivity index (χ4n) is 3.86. The molecule has 2 amide bonds. The molecule has 0 bridgehead atoms. The highest BCUT2D eigenvalue weighted by Crippen LogP contribution is 2.32. The van der Waals surface area contributed by atoms with Crippen molar-refractivity contribution in [3.8, 4) is 11.4 Å². The van der Waals surface area contributed by atoms with Crippen LogP contribution >= 0.6 is 11.8 Å². The summed E-state index contributed by atoms with van der Waals surface area (Å²) < 4.78 is 46.9. The van der Waals surface area contributed by atoms with Crippen LogP contribution in [0.1, 0.15) is 32.9 Å². The van der Waals surface area contributed by atoms with Gasteiger partial charge in [0.25, 0.3) is 5.91 Å². The minimum absolute atomic E-state index is 0.0668. The van der Waals surface area contributed by atoms with Crippen LogP contribution < -0.4 is 15.4 Å². The summed E-state index contributed by atoms with van der Waals surface area (Å²) in [5.41, 5.74) is 2.29. The molecule has 0 saturated carbocycles. The Hall–Kier alpha value is -4.32. The van der Waals surface area contributed by atoms with Crippen LogP contribution in [0, 0.1) is 13.8 Å². The van der Waals surface area contributed by atoms with Crippen molar-refractivity contribution in [1.29, 1.82) is 0 Å². The Morgan fingerprint density at radius 2 is 1.75 bits per heavy atom. The van der Waals surface area contributed by atoms with E-state index in [4.69, 9.17) is 4.74 Å². The summed E-state index contributed by atoms with van der Waals surface area (Å²) >= 11 is 1.02. The lowest BCUT2D eigenvalue weighted by Crippen LogP contribution is -2.24. The first kappa shape index (κ1) is 28.7. The quantitative estimate of drug-likeness (QED) is 0.256. The Morgan fingerprint density at radius 3 is 2.42 bits per heavy atom. The first-order chi connectivity index (χ1) is 19.0. The third kappa shape index (κ3) is 7.00. The van der Waals surface area contributed by atoms with Crippen molar-refractivity contribution in [1.82, 2.24) is 20.1 Å². The third-order valence-corrected chi connectivity index (χ3v) is 6.81. The van der Waals surface area contributed by atoms with Gasteiger partial charge in [-0.2, -0.15) is 13.2 Å². The van der Waals surface area contributed by atoms with Crippen molar-refractivity contribution in [2.24, 2.45) is 0 Å². The Kier molecular flexibility index (Phi) is 8.78. The smallest absolute Gasteiger partial charge is 0.416 e. The molecule has 1 aromatic heterocycles. The second kappa shape index (κ2) is 12.2. The van der Waals surface area contributed by atoms with Gasteiger partial charge in [-0.05, 0) is 67.9 Å². The number of benzene rings is 3. The molecule has 0 saturated heterocycles. The topological polar surface area (TPSA) is 98.1 Å². The maximum Gasteiger partial charge on any atom is 0.416 e. The van der Waals surface area contributed by atoms with Gasteiger partial charge in [0.2, 0.25) is 5.91 Å². The molecule has 4 aromatic rings. The lowest BCUT2D eigenvalue weighted by Gasteiger charge is -2.14. The number of carbonyl (C=O) groups excluding carboxylic acids is 2. The fraction of sp³-hybridized carbons (Fsp3) is 0.214. The largest absolute Gasteiger partial charge is 0.497 e. The summed E-state index contributed by atoms with van der Waals surface area (Å²) in [6, 6.07) is 16.8. The molecule has 12 heteroatoms. The van der Waals surface area contributed by atoms with Crippen LogP contribution in [0.2, 0.25) is 0 Å². The molecule has 0 aliphatic carbocycles. The van der Waals surface area contributed by atoms with Crippen molar-refractivity contribution in [3.63, 3.8) is 0 Å². The summed E-state index contributed by atoms with van der Waals surface area (Å²) in [7, 11) is 1.51. The molecule has 0 unspecified atom stereocenters. The van der Waals surface area contributed by atoms with Crippen molar-refractivity contribution >= 4 is 29.3 Å². The summed E-state index contributed by atoms with van der Waals surface area (Å²) in [5.74, 6) is -0.0152. The molecule has 0 aliphatic rings. The molecule has 208 valence electrons. The molecular formula is C28H26F3N5O3S. The predicted molar refractivity (Wildman–Crippen MR) is 146 cm³/mol. The number of aryl methyl sites for hydroxylation is 2. The molecule has 0 atom stereocenters. The molecule has 40 heavy (non-hydrogen) atoms. The van der Waals surface area contributed by atoms with Gasteiger partial charge in [-0.1, -0.05) is 35.5 Å². The van der Waals surface area contributed by atoms with Gasteiger partial charge in [-0.15, -0.1) is 10.2 Å². The Bertz CT molecular complexity index is 1520. The average Bonchev–Trinajstić information content (AvgIpc) is 3.34. The van der Waals surface area contributed by atoms with Gasteiger partial charge >= 0.3 is 6.18 Å². The average molecular weight is 570 g/mol. The van der Waals surface area contributed by atoms with Crippen molar-refractivity contribution in [2.45, 2.75) is 31.7 Å². The molecule has 0 aliphatic heterocycles. The molecule has 8 nitrogen and oxygen atoms in total. The monoisotopic (exact) mass is 569 g/mol. The summed E-state index contributed by atoms with van der Waals surface area (Å²) in [5, 5.41) is 14.0. The molecular weight excluding hydrogens is 543 g/mol. The number of aromatic nitrogens is 3. The fourth-order valence-corrected chi connectivity index (χ4v) is 4.63. The molecule has 2 N–H and O–H groups in total. The van der Waals surface area contributed by atoms with Crippen LogP contribution in [-0.4, -0.2) is 39.4 Å². The lowest BCUT2D eigenvalue weighted by atomic mass is 10.1. The van der Waals surface area contributed by atoms with Gasteiger partial charge in [0.05, 0.1) is 30.7 Å². The van der Waals surface area contributed by atoms with Gasteiger partial charge < -0.3 is 15.4 Å². The van der Waals surface area contributed by atoms with Crippen LogP contribution in [0.15, 0.2) is 71.9 Å². The molecule has 0 radical (unpaired) electrons. The summed E-state index contributed by atoms with van der Waals surface area (Å²) in [4.78, 5) is 25.4. The van der Waals surface area contributed by atoms with Crippen LogP contribution in [0.5, 0.6) is 5.75 Å². The third-order valence-electron chi connectivity index (χ3n) is 5.88. The zero-order valence-electron chi connectivity index (χ0n) is 21.9. The number of amides is 2. The minimum atomic E-state index is -4.56. The highest BCUT2D eigenvalue weighted by molar-refractivity contribution is 7.99. The maximum atomic E-state index is 13.5. The number of methoxy groups -OCH3 is 1. The highest BCUT2D eigenvalue weighted by atomic mass is 32.2. The second-order valence-electron chi connectivity index (χ2n) is 8.85. The van der Waals surface area contributed by atoms with Gasteiger partial charge in [-0.3, -0.25) is 14.2 Å². The van der Waals surface area contributed by atoms with E-state index in [1.807, 2.05) is 32.0 Å². The Balaban J connectivity index is 1.56. The summed E-state index contributed by atoms with van der Waals surface area (Å²) in [6.07, 6.45) is -4.56. The van der Waals surface area contributed by atoms with Crippen LogP contribution in [0.4, 0.5) is 18.9 Å². The minimum Gasteiger partial charge on any atom is -0.497 e. The number of anilines is 1. The number of alkyl halides is 3. The Labute approximate surface area is 233 Å². The zero-order valence-corrected chi connectivity index (χ0v) is 22.7. The zero-order chi connectivity index (χ0) is 28.9. The van der Waals surface area contributed by atoms with E-state index < -0.39 is 17.6 Å². The second-order valence-corrected chi connectivity index (χ2v) is 9.79. The Morgan fingerprint density at radius 1 is 1.00 bits per heavy atom. The number of halogens is 3.